The van der Waals surface area contributed by atoms with Crippen LogP contribution in [0.4, 0.5) is 0 Å². The molecule has 2 fully saturated rings. The van der Waals surface area contributed by atoms with Crippen LogP contribution in [0.2, 0.25) is 0 Å². The SMILES string of the molecule is N#C/C(=C/NC1CCCCC1)C(=O)N1CCN(CCN)CC1. The van der Waals surface area contributed by atoms with Gasteiger partial charge in [-0.25, -0.2) is 0 Å². The zero-order valence-electron chi connectivity index (χ0n) is 13.3. The number of nitriles is 1. The fraction of sp³-hybridized carbons (Fsp3) is 0.750. The van der Waals surface area contributed by atoms with Gasteiger partial charge in [-0.15, -0.1) is 0 Å². The van der Waals surface area contributed by atoms with Gasteiger partial charge in [0.25, 0.3) is 5.91 Å². The predicted molar refractivity (Wildman–Crippen MR) is 85.8 cm³/mol. The largest absolute Gasteiger partial charge is 0.387 e. The summed E-state index contributed by atoms with van der Waals surface area (Å²) in [7, 11) is 0. The second-order valence-corrected chi connectivity index (χ2v) is 6.09. The van der Waals surface area contributed by atoms with Crippen LogP contribution >= 0.6 is 0 Å². The summed E-state index contributed by atoms with van der Waals surface area (Å²) in [6.45, 7) is 4.51. The Bertz CT molecular complexity index is 428. The second-order valence-electron chi connectivity index (χ2n) is 6.09. The molecule has 1 aliphatic heterocycles. The summed E-state index contributed by atoms with van der Waals surface area (Å²) >= 11 is 0. The number of amides is 1. The Labute approximate surface area is 132 Å². The van der Waals surface area contributed by atoms with Gasteiger partial charge in [0.1, 0.15) is 11.6 Å². The summed E-state index contributed by atoms with van der Waals surface area (Å²) in [6, 6.07) is 2.46. The third-order valence-corrected chi connectivity index (χ3v) is 4.52. The molecule has 2 rings (SSSR count). The standard InChI is InChI=1S/C16H27N5O/c17-6-7-20-8-10-21(11-9-20)16(22)14(12-18)13-19-15-4-2-1-3-5-15/h13,15,19H,1-11,17H2/b14-13-. The highest BCUT2D eigenvalue weighted by Gasteiger charge is 2.23. The number of piperazine rings is 1. The molecule has 6 nitrogen and oxygen atoms in total. The highest BCUT2D eigenvalue weighted by Crippen LogP contribution is 2.17. The minimum Gasteiger partial charge on any atom is -0.387 e. The summed E-state index contributed by atoms with van der Waals surface area (Å²) in [5.41, 5.74) is 5.77. The summed E-state index contributed by atoms with van der Waals surface area (Å²) in [6.07, 6.45) is 7.63. The van der Waals surface area contributed by atoms with Crippen LogP contribution in [-0.4, -0.2) is 61.0 Å². The summed E-state index contributed by atoms with van der Waals surface area (Å²) in [4.78, 5) is 16.4. The van der Waals surface area contributed by atoms with Crippen molar-refractivity contribution >= 4 is 5.91 Å². The second kappa shape index (κ2) is 8.76. The smallest absolute Gasteiger partial charge is 0.266 e. The third-order valence-electron chi connectivity index (χ3n) is 4.52. The third kappa shape index (κ3) is 4.72. The van der Waals surface area contributed by atoms with Crippen molar-refractivity contribution in [2.24, 2.45) is 5.73 Å². The molecule has 0 unspecified atom stereocenters. The van der Waals surface area contributed by atoms with E-state index in [1.165, 1.54) is 19.3 Å². The maximum Gasteiger partial charge on any atom is 0.266 e. The van der Waals surface area contributed by atoms with Gasteiger partial charge in [-0.2, -0.15) is 5.26 Å². The minimum absolute atomic E-state index is 0.154. The van der Waals surface area contributed by atoms with E-state index >= 15 is 0 Å². The molecule has 0 aromatic carbocycles. The summed E-state index contributed by atoms with van der Waals surface area (Å²) in [5, 5.41) is 12.5. The van der Waals surface area contributed by atoms with Gasteiger partial charge in [-0.1, -0.05) is 19.3 Å². The molecule has 1 aliphatic carbocycles. The maximum absolute atomic E-state index is 12.4. The Morgan fingerprint density at radius 1 is 1.23 bits per heavy atom. The lowest BCUT2D eigenvalue weighted by Gasteiger charge is -2.34. The molecule has 0 atom stereocenters. The van der Waals surface area contributed by atoms with Gasteiger partial charge in [0.15, 0.2) is 0 Å². The number of nitrogens with two attached hydrogens (primary N) is 1. The van der Waals surface area contributed by atoms with Crippen molar-refractivity contribution in [3.8, 4) is 6.07 Å². The van der Waals surface area contributed by atoms with Crippen LogP contribution in [-0.2, 0) is 4.79 Å². The molecule has 0 radical (unpaired) electrons. The molecule has 1 amide bonds. The average Bonchev–Trinajstić information content (AvgIpc) is 2.57. The molecule has 0 bridgehead atoms. The van der Waals surface area contributed by atoms with Crippen molar-refractivity contribution < 1.29 is 4.79 Å². The Morgan fingerprint density at radius 3 is 2.50 bits per heavy atom. The van der Waals surface area contributed by atoms with Crippen LogP contribution in [0.15, 0.2) is 11.8 Å². The summed E-state index contributed by atoms with van der Waals surface area (Å²) in [5.74, 6) is -0.154. The maximum atomic E-state index is 12.4. The normalized spacial score (nSPS) is 21.5. The van der Waals surface area contributed by atoms with E-state index in [-0.39, 0.29) is 11.5 Å². The highest BCUT2D eigenvalue weighted by molar-refractivity contribution is 5.97. The van der Waals surface area contributed by atoms with Crippen LogP contribution in [0.1, 0.15) is 32.1 Å². The minimum atomic E-state index is -0.154. The van der Waals surface area contributed by atoms with Gasteiger partial charge in [0, 0.05) is 51.5 Å². The van der Waals surface area contributed by atoms with Gasteiger partial charge in [-0.05, 0) is 12.8 Å². The molecule has 122 valence electrons. The zero-order chi connectivity index (χ0) is 15.8. The first-order chi connectivity index (χ1) is 10.7. The van der Waals surface area contributed by atoms with Crippen LogP contribution in [0, 0.1) is 11.3 Å². The van der Waals surface area contributed by atoms with Crippen LogP contribution < -0.4 is 11.1 Å². The zero-order valence-corrected chi connectivity index (χ0v) is 13.3. The molecule has 6 heteroatoms. The van der Waals surface area contributed by atoms with Gasteiger partial charge in [-0.3, -0.25) is 9.69 Å². The number of nitrogens with zero attached hydrogens (tertiary/aromatic N) is 3. The Balaban J connectivity index is 1.85. The van der Waals surface area contributed by atoms with E-state index in [4.69, 9.17) is 5.73 Å². The van der Waals surface area contributed by atoms with E-state index in [1.54, 1.807) is 11.1 Å². The van der Waals surface area contributed by atoms with Crippen LogP contribution in [0.5, 0.6) is 0 Å². The number of nitrogens with one attached hydrogen (secondary N) is 1. The van der Waals surface area contributed by atoms with Crippen molar-refractivity contribution in [3.63, 3.8) is 0 Å². The van der Waals surface area contributed by atoms with Crippen molar-refractivity contribution in [3.05, 3.63) is 11.8 Å². The molecule has 0 aromatic heterocycles. The first-order valence-corrected chi connectivity index (χ1v) is 8.32. The van der Waals surface area contributed by atoms with Crippen molar-refractivity contribution in [2.45, 2.75) is 38.1 Å². The number of hydrogen-bond donors (Lipinski definition) is 2. The number of hydrogen-bond acceptors (Lipinski definition) is 5. The topological polar surface area (TPSA) is 85.4 Å². The fourth-order valence-electron chi connectivity index (χ4n) is 3.14. The van der Waals surface area contributed by atoms with E-state index in [1.807, 2.05) is 6.07 Å². The fourth-order valence-corrected chi connectivity index (χ4v) is 3.14. The van der Waals surface area contributed by atoms with Crippen LogP contribution in [0.3, 0.4) is 0 Å². The van der Waals surface area contributed by atoms with Crippen molar-refractivity contribution in [1.82, 2.24) is 15.1 Å². The molecule has 0 spiro atoms. The van der Waals surface area contributed by atoms with Gasteiger partial charge in [0.2, 0.25) is 0 Å². The van der Waals surface area contributed by atoms with Crippen molar-refractivity contribution in [1.29, 1.82) is 5.26 Å². The summed E-state index contributed by atoms with van der Waals surface area (Å²) < 4.78 is 0. The molecular formula is C16H27N5O. The van der Waals surface area contributed by atoms with E-state index in [9.17, 15) is 10.1 Å². The van der Waals surface area contributed by atoms with E-state index in [0.29, 0.717) is 25.7 Å². The Hall–Kier alpha value is -1.58. The molecule has 3 N–H and O–H groups in total. The van der Waals surface area contributed by atoms with E-state index < -0.39 is 0 Å². The predicted octanol–water partition coefficient (Wildman–Crippen LogP) is 0.419. The average molecular weight is 305 g/mol. The molecule has 22 heavy (non-hydrogen) atoms. The molecule has 2 aliphatic rings. The Morgan fingerprint density at radius 2 is 1.91 bits per heavy atom. The monoisotopic (exact) mass is 305 g/mol. The highest BCUT2D eigenvalue weighted by atomic mass is 16.2. The van der Waals surface area contributed by atoms with E-state index in [0.717, 1.165) is 32.5 Å². The number of carbonyl (C=O) groups is 1. The molecule has 1 saturated heterocycles. The van der Waals surface area contributed by atoms with Gasteiger partial charge >= 0.3 is 0 Å². The van der Waals surface area contributed by atoms with Crippen LogP contribution in [0.25, 0.3) is 0 Å². The molecular weight excluding hydrogens is 278 g/mol. The molecule has 0 aromatic rings. The number of carbonyl (C=O) groups excluding carboxylic acids is 1. The first kappa shape index (κ1) is 16.8. The van der Waals surface area contributed by atoms with Gasteiger partial charge < -0.3 is 16.0 Å². The lowest BCUT2D eigenvalue weighted by molar-refractivity contribution is -0.128. The molecule has 1 heterocycles. The van der Waals surface area contributed by atoms with Gasteiger partial charge in [0.05, 0.1) is 0 Å². The lowest BCUT2D eigenvalue weighted by atomic mass is 9.96. The quantitative estimate of drug-likeness (QED) is 0.568. The number of rotatable bonds is 5. The first-order valence-electron chi connectivity index (χ1n) is 8.32. The Kier molecular flexibility index (Phi) is 6.69. The molecule has 1 saturated carbocycles. The van der Waals surface area contributed by atoms with Crippen molar-refractivity contribution in [2.75, 3.05) is 39.3 Å². The van der Waals surface area contributed by atoms with E-state index in [2.05, 4.69) is 10.2 Å². The lowest BCUT2D eigenvalue weighted by Crippen LogP contribution is -2.50.